The van der Waals surface area contributed by atoms with E-state index in [1.165, 1.54) is 0 Å². The lowest BCUT2D eigenvalue weighted by Crippen LogP contribution is -2.04. The van der Waals surface area contributed by atoms with Gasteiger partial charge in [-0.3, -0.25) is 0 Å². The van der Waals surface area contributed by atoms with Gasteiger partial charge in [-0.2, -0.15) is 0 Å². The van der Waals surface area contributed by atoms with E-state index in [2.05, 4.69) is 23.8 Å². The second kappa shape index (κ2) is 2.00. The summed E-state index contributed by atoms with van der Waals surface area (Å²) in [5.41, 5.74) is 2.17. The fourth-order valence-electron chi connectivity index (χ4n) is 1.95. The zero-order valence-corrected chi connectivity index (χ0v) is 6.77. The highest BCUT2D eigenvalue weighted by molar-refractivity contribution is 5.25. The molecule has 0 aliphatic heterocycles. The second-order valence-corrected chi connectivity index (χ2v) is 3.44. The molecule has 3 heteroatoms. The lowest BCUT2D eigenvalue weighted by atomic mass is 10.1. The van der Waals surface area contributed by atoms with Crippen molar-refractivity contribution in [1.29, 1.82) is 0 Å². The van der Waals surface area contributed by atoms with Crippen LogP contribution in [0.4, 0.5) is 0 Å². The predicted octanol–water partition coefficient (Wildman–Crippen LogP) is 1.31. The number of rotatable bonds is 0. The van der Waals surface area contributed by atoms with Gasteiger partial charge in [0.2, 0.25) is 0 Å². The molecule has 0 bridgehead atoms. The first-order chi connectivity index (χ1) is 5.18. The van der Waals surface area contributed by atoms with Crippen LogP contribution in [0.25, 0.3) is 0 Å². The van der Waals surface area contributed by atoms with Crippen molar-refractivity contribution in [2.75, 3.05) is 0 Å². The van der Waals surface area contributed by atoms with Crippen LogP contribution < -0.4 is 5.69 Å². The van der Waals surface area contributed by atoms with E-state index in [-0.39, 0.29) is 5.69 Å². The Hall–Kier alpha value is -0.990. The van der Waals surface area contributed by atoms with Crippen LogP contribution in [0.5, 0.6) is 0 Å². The van der Waals surface area contributed by atoms with Crippen molar-refractivity contribution >= 4 is 0 Å². The predicted molar refractivity (Wildman–Crippen MR) is 42.9 cm³/mol. The van der Waals surface area contributed by atoms with E-state index in [4.69, 9.17) is 0 Å². The zero-order chi connectivity index (χ0) is 8.01. The largest absolute Gasteiger partial charge is 0.323 e. The Kier molecular flexibility index (Phi) is 1.22. The summed E-state index contributed by atoms with van der Waals surface area (Å²) in [4.78, 5) is 16.5. The summed E-state index contributed by atoms with van der Waals surface area (Å²) < 4.78 is 0. The Labute approximate surface area is 64.8 Å². The molecule has 0 fully saturated rings. The summed E-state index contributed by atoms with van der Waals surface area (Å²) in [6.45, 7) is 4.29. The van der Waals surface area contributed by atoms with Crippen LogP contribution >= 0.6 is 0 Å². The van der Waals surface area contributed by atoms with Crippen LogP contribution in [0, 0.1) is 0 Å². The molecule has 1 aromatic heterocycles. The fourth-order valence-corrected chi connectivity index (χ4v) is 1.95. The fraction of sp³-hybridized carbons (Fsp3) is 0.625. The molecule has 2 N–H and O–H groups in total. The minimum atomic E-state index is -0.0617. The number of aromatic nitrogens is 2. The van der Waals surface area contributed by atoms with E-state index in [0.29, 0.717) is 11.8 Å². The lowest BCUT2D eigenvalue weighted by molar-refractivity contribution is 0.641. The third kappa shape index (κ3) is 0.836. The molecule has 0 spiro atoms. The van der Waals surface area contributed by atoms with E-state index in [1.54, 1.807) is 0 Å². The molecule has 60 valence electrons. The Morgan fingerprint density at radius 3 is 2.09 bits per heavy atom. The molecule has 2 rings (SSSR count). The first-order valence-corrected chi connectivity index (χ1v) is 4.00. The Morgan fingerprint density at radius 2 is 1.64 bits per heavy atom. The van der Waals surface area contributed by atoms with Crippen molar-refractivity contribution in [1.82, 2.24) is 9.97 Å². The lowest BCUT2D eigenvalue weighted by Gasteiger charge is -1.99. The van der Waals surface area contributed by atoms with Crippen molar-refractivity contribution in [2.45, 2.75) is 32.1 Å². The smallest absolute Gasteiger partial charge is 0.309 e. The molecule has 1 aromatic rings. The van der Waals surface area contributed by atoms with Gasteiger partial charge in [0.15, 0.2) is 0 Å². The molecule has 1 aliphatic carbocycles. The first-order valence-electron chi connectivity index (χ1n) is 4.00. The summed E-state index contributed by atoms with van der Waals surface area (Å²) >= 11 is 0. The van der Waals surface area contributed by atoms with Gasteiger partial charge in [-0.1, -0.05) is 13.8 Å². The van der Waals surface area contributed by atoms with Crippen molar-refractivity contribution in [3.63, 3.8) is 0 Å². The van der Waals surface area contributed by atoms with Crippen LogP contribution in [-0.2, 0) is 0 Å². The number of hydrogen-bond donors (Lipinski definition) is 2. The molecule has 0 saturated heterocycles. The van der Waals surface area contributed by atoms with Crippen molar-refractivity contribution in [2.24, 2.45) is 0 Å². The molecule has 0 amide bonds. The minimum absolute atomic E-state index is 0.0617. The van der Waals surface area contributed by atoms with Gasteiger partial charge in [0, 0.05) is 11.4 Å². The van der Waals surface area contributed by atoms with E-state index in [9.17, 15) is 4.79 Å². The van der Waals surface area contributed by atoms with E-state index >= 15 is 0 Å². The normalized spacial score (nSPS) is 28.9. The molecule has 1 heterocycles. The number of hydrogen-bond acceptors (Lipinski definition) is 1. The molecule has 1 aliphatic rings. The van der Waals surface area contributed by atoms with E-state index in [0.717, 1.165) is 17.8 Å². The average Bonchev–Trinajstić information content (AvgIpc) is 2.38. The van der Waals surface area contributed by atoms with Gasteiger partial charge in [0.1, 0.15) is 0 Å². The number of aromatic amines is 2. The van der Waals surface area contributed by atoms with E-state index < -0.39 is 0 Å². The minimum Gasteiger partial charge on any atom is -0.309 e. The highest BCUT2D eigenvalue weighted by Gasteiger charge is 2.27. The molecule has 2 unspecified atom stereocenters. The number of nitrogens with one attached hydrogen (secondary N) is 2. The topological polar surface area (TPSA) is 48.6 Å². The summed E-state index contributed by atoms with van der Waals surface area (Å²) in [6, 6.07) is 0. The molecule has 11 heavy (non-hydrogen) atoms. The van der Waals surface area contributed by atoms with Crippen LogP contribution in [-0.4, -0.2) is 9.97 Å². The number of H-pyrrole nitrogens is 2. The molecular weight excluding hydrogens is 140 g/mol. The maximum absolute atomic E-state index is 10.9. The van der Waals surface area contributed by atoms with Crippen LogP contribution in [0.15, 0.2) is 4.79 Å². The average molecular weight is 152 g/mol. The standard InChI is InChI=1S/C8H12N2O/c1-4-3-5(2)7-6(4)9-8(11)10-7/h4-5H,3H2,1-2H3,(H2,9,10,11). The maximum atomic E-state index is 10.9. The van der Waals surface area contributed by atoms with Gasteiger partial charge < -0.3 is 9.97 Å². The highest BCUT2D eigenvalue weighted by Crippen LogP contribution is 2.37. The quantitative estimate of drug-likeness (QED) is 0.578. The highest BCUT2D eigenvalue weighted by atomic mass is 16.1. The monoisotopic (exact) mass is 152 g/mol. The molecule has 2 atom stereocenters. The Bertz CT molecular complexity index is 295. The summed E-state index contributed by atoms with van der Waals surface area (Å²) in [5, 5.41) is 0. The van der Waals surface area contributed by atoms with Gasteiger partial charge >= 0.3 is 5.69 Å². The Balaban J connectivity index is 2.58. The molecule has 0 radical (unpaired) electrons. The first kappa shape index (κ1) is 6.70. The number of imidazole rings is 1. The molecule has 0 aromatic carbocycles. The second-order valence-electron chi connectivity index (χ2n) is 3.44. The van der Waals surface area contributed by atoms with Crippen LogP contribution in [0.2, 0.25) is 0 Å². The molecule has 0 saturated carbocycles. The van der Waals surface area contributed by atoms with Gasteiger partial charge in [0.25, 0.3) is 0 Å². The molecular formula is C8H12N2O. The SMILES string of the molecule is CC1CC(C)c2[nH]c(=O)[nH]c21. The third-order valence-corrected chi connectivity index (χ3v) is 2.48. The van der Waals surface area contributed by atoms with Gasteiger partial charge in [-0.15, -0.1) is 0 Å². The van der Waals surface area contributed by atoms with Gasteiger partial charge in [-0.25, -0.2) is 4.79 Å². The third-order valence-electron chi connectivity index (χ3n) is 2.48. The van der Waals surface area contributed by atoms with Crippen molar-refractivity contribution in [3.05, 3.63) is 21.9 Å². The van der Waals surface area contributed by atoms with Crippen molar-refractivity contribution < 1.29 is 0 Å². The van der Waals surface area contributed by atoms with Gasteiger partial charge in [-0.05, 0) is 18.3 Å². The van der Waals surface area contributed by atoms with E-state index in [1.807, 2.05) is 0 Å². The Morgan fingerprint density at radius 1 is 1.18 bits per heavy atom. The zero-order valence-electron chi connectivity index (χ0n) is 6.77. The number of fused-ring (bicyclic) bond motifs is 1. The maximum Gasteiger partial charge on any atom is 0.323 e. The molecule has 3 nitrogen and oxygen atoms in total. The van der Waals surface area contributed by atoms with Crippen LogP contribution in [0.3, 0.4) is 0 Å². The van der Waals surface area contributed by atoms with Crippen LogP contribution in [0.1, 0.15) is 43.5 Å². The summed E-state index contributed by atoms with van der Waals surface area (Å²) in [7, 11) is 0. The van der Waals surface area contributed by atoms with Crippen molar-refractivity contribution in [3.8, 4) is 0 Å². The summed E-state index contributed by atoms with van der Waals surface area (Å²) in [5.74, 6) is 1.03. The van der Waals surface area contributed by atoms with Gasteiger partial charge in [0.05, 0.1) is 0 Å². The summed E-state index contributed by atoms with van der Waals surface area (Å²) in [6.07, 6.45) is 1.15.